The second kappa shape index (κ2) is 7.07. The molecule has 23 heavy (non-hydrogen) atoms. The lowest BCUT2D eigenvalue weighted by atomic mass is 10.1. The summed E-state index contributed by atoms with van der Waals surface area (Å²) in [6.45, 7) is 7.98. The normalized spacial score (nSPS) is 18.0. The molecule has 1 aliphatic heterocycles. The van der Waals surface area contributed by atoms with Crippen LogP contribution < -0.4 is 5.32 Å². The van der Waals surface area contributed by atoms with Crippen LogP contribution in [0.3, 0.4) is 0 Å². The van der Waals surface area contributed by atoms with Gasteiger partial charge in [-0.05, 0) is 86.9 Å². The molecule has 5 nitrogen and oxygen atoms in total. The summed E-state index contributed by atoms with van der Waals surface area (Å²) >= 11 is 2.24. The highest BCUT2D eigenvalue weighted by molar-refractivity contribution is 14.1. The van der Waals surface area contributed by atoms with E-state index in [1.54, 1.807) is 0 Å². The first-order chi connectivity index (χ1) is 10.7. The second-order valence-corrected chi connectivity index (χ2v) is 8.03. The smallest absolute Gasteiger partial charge is 0.410 e. The number of hydrogen-bond acceptors (Lipinski definition) is 3. The van der Waals surface area contributed by atoms with Crippen LogP contribution in [0.25, 0.3) is 0 Å². The molecule has 0 aromatic heterocycles. The van der Waals surface area contributed by atoms with Gasteiger partial charge in [-0.2, -0.15) is 0 Å². The molecule has 0 saturated carbocycles. The minimum Gasteiger partial charge on any atom is -0.444 e. The van der Waals surface area contributed by atoms with Crippen molar-refractivity contribution in [1.82, 2.24) is 4.90 Å². The van der Waals surface area contributed by atoms with Gasteiger partial charge in [0.15, 0.2) is 0 Å². The minimum atomic E-state index is -0.562. The molecular weight excluding hydrogens is 407 g/mol. The Labute approximate surface area is 150 Å². The molecule has 0 bridgehead atoms. The predicted molar refractivity (Wildman–Crippen MR) is 98.5 cm³/mol. The molecule has 2 rings (SSSR count). The zero-order valence-electron chi connectivity index (χ0n) is 14.0. The lowest BCUT2D eigenvalue weighted by Gasteiger charge is -2.28. The first-order valence-corrected chi connectivity index (χ1v) is 8.82. The van der Waals surface area contributed by atoms with Crippen LogP contribution in [-0.2, 0) is 9.53 Å². The summed E-state index contributed by atoms with van der Waals surface area (Å²) in [5, 5.41) is 2.94. The first kappa shape index (κ1) is 18.0. The third-order valence-electron chi connectivity index (χ3n) is 3.63. The van der Waals surface area contributed by atoms with Gasteiger partial charge in [0.25, 0.3) is 0 Å². The maximum absolute atomic E-state index is 12.6. The fourth-order valence-corrected chi connectivity index (χ4v) is 3.21. The van der Waals surface area contributed by atoms with Gasteiger partial charge in [-0.1, -0.05) is 0 Å². The van der Waals surface area contributed by atoms with E-state index in [0.29, 0.717) is 13.0 Å². The van der Waals surface area contributed by atoms with E-state index in [1.807, 2.05) is 45.9 Å². The van der Waals surface area contributed by atoms with Gasteiger partial charge in [-0.25, -0.2) is 4.79 Å². The van der Waals surface area contributed by atoms with Gasteiger partial charge in [-0.15, -0.1) is 0 Å². The van der Waals surface area contributed by atoms with Gasteiger partial charge in [0.05, 0.1) is 0 Å². The fourth-order valence-electron chi connectivity index (χ4n) is 2.56. The Kier molecular flexibility index (Phi) is 5.54. The molecule has 1 aromatic carbocycles. The van der Waals surface area contributed by atoms with Gasteiger partial charge in [0, 0.05) is 15.8 Å². The summed E-state index contributed by atoms with van der Waals surface area (Å²) < 4.78 is 6.52. The number of amides is 2. The molecule has 0 radical (unpaired) electrons. The highest BCUT2D eigenvalue weighted by Gasteiger charge is 2.36. The Hall–Kier alpha value is -1.31. The van der Waals surface area contributed by atoms with Crippen LogP contribution in [-0.4, -0.2) is 35.1 Å². The number of carbonyl (C=O) groups excluding carboxylic acids is 2. The molecule has 1 saturated heterocycles. The third-order valence-corrected chi connectivity index (χ3v) is 4.30. The molecule has 1 aromatic rings. The number of likely N-dealkylation sites (tertiary alicyclic amines) is 1. The van der Waals surface area contributed by atoms with Crippen molar-refractivity contribution in [2.45, 2.75) is 52.2 Å². The molecule has 6 heteroatoms. The summed E-state index contributed by atoms with van der Waals surface area (Å²) in [5.74, 6) is -0.155. The molecule has 1 heterocycles. The number of hydrogen-bond donors (Lipinski definition) is 1. The van der Waals surface area contributed by atoms with Gasteiger partial charge in [0.1, 0.15) is 11.6 Å². The SMILES string of the molecule is Cc1cc(I)ccc1NC(=O)[C@H]1CCCN1C(=O)OC(C)(C)C. The van der Waals surface area contributed by atoms with Gasteiger partial charge < -0.3 is 10.1 Å². The maximum Gasteiger partial charge on any atom is 0.410 e. The van der Waals surface area contributed by atoms with E-state index in [1.165, 1.54) is 4.90 Å². The number of carbonyl (C=O) groups is 2. The van der Waals surface area contributed by atoms with Crippen molar-refractivity contribution in [2.24, 2.45) is 0 Å². The fraction of sp³-hybridized carbons (Fsp3) is 0.529. The van der Waals surface area contributed by atoms with Crippen LogP contribution in [0.1, 0.15) is 39.2 Å². The zero-order chi connectivity index (χ0) is 17.2. The molecule has 1 N–H and O–H groups in total. The number of halogens is 1. The molecule has 1 aliphatic rings. The molecule has 0 spiro atoms. The van der Waals surface area contributed by atoms with E-state index in [2.05, 4.69) is 27.9 Å². The summed E-state index contributed by atoms with van der Waals surface area (Å²) in [6, 6.07) is 5.38. The summed E-state index contributed by atoms with van der Waals surface area (Å²) in [6.07, 6.45) is 1.05. The quantitative estimate of drug-likeness (QED) is 0.724. The Balaban J connectivity index is 2.07. The van der Waals surface area contributed by atoms with Crippen LogP contribution in [0, 0.1) is 10.5 Å². The van der Waals surface area contributed by atoms with Gasteiger partial charge >= 0.3 is 6.09 Å². The number of rotatable bonds is 2. The van der Waals surface area contributed by atoms with Gasteiger partial charge in [-0.3, -0.25) is 9.69 Å². The molecule has 2 amide bonds. The van der Waals surface area contributed by atoms with Crippen molar-refractivity contribution in [3.8, 4) is 0 Å². The van der Waals surface area contributed by atoms with Gasteiger partial charge in [0.2, 0.25) is 5.91 Å². The predicted octanol–water partition coefficient (Wildman–Crippen LogP) is 3.94. The minimum absolute atomic E-state index is 0.155. The van der Waals surface area contributed by atoms with E-state index in [9.17, 15) is 9.59 Å². The number of anilines is 1. The highest BCUT2D eigenvalue weighted by Crippen LogP contribution is 2.23. The molecular formula is C17H23IN2O3. The van der Waals surface area contributed by atoms with Crippen LogP contribution in [0.5, 0.6) is 0 Å². The Bertz CT molecular complexity index is 610. The molecule has 1 atom stereocenters. The Morgan fingerprint density at radius 1 is 1.35 bits per heavy atom. The maximum atomic E-state index is 12.6. The third kappa shape index (κ3) is 4.83. The van der Waals surface area contributed by atoms with Crippen molar-refractivity contribution in [3.63, 3.8) is 0 Å². The molecule has 0 unspecified atom stereocenters. The zero-order valence-corrected chi connectivity index (χ0v) is 16.1. The lowest BCUT2D eigenvalue weighted by Crippen LogP contribution is -2.45. The largest absolute Gasteiger partial charge is 0.444 e. The second-order valence-electron chi connectivity index (χ2n) is 6.78. The average Bonchev–Trinajstić information content (AvgIpc) is 2.89. The van der Waals surface area contributed by atoms with Crippen molar-refractivity contribution in [1.29, 1.82) is 0 Å². The van der Waals surface area contributed by atoms with Crippen molar-refractivity contribution < 1.29 is 14.3 Å². The topological polar surface area (TPSA) is 58.6 Å². The number of nitrogens with zero attached hydrogens (tertiary/aromatic N) is 1. The number of aryl methyl sites for hydroxylation is 1. The summed E-state index contributed by atoms with van der Waals surface area (Å²) in [5.41, 5.74) is 1.23. The van der Waals surface area contributed by atoms with Crippen molar-refractivity contribution in [3.05, 3.63) is 27.3 Å². The monoisotopic (exact) mass is 430 g/mol. The van der Waals surface area contributed by atoms with E-state index in [4.69, 9.17) is 4.74 Å². The summed E-state index contributed by atoms with van der Waals surface area (Å²) in [4.78, 5) is 26.4. The van der Waals surface area contributed by atoms with Crippen LogP contribution >= 0.6 is 22.6 Å². The Morgan fingerprint density at radius 2 is 2.04 bits per heavy atom. The van der Waals surface area contributed by atoms with E-state index >= 15 is 0 Å². The van der Waals surface area contributed by atoms with E-state index < -0.39 is 17.7 Å². The molecule has 126 valence electrons. The van der Waals surface area contributed by atoms with Crippen LogP contribution in [0.2, 0.25) is 0 Å². The van der Waals surface area contributed by atoms with Crippen molar-refractivity contribution in [2.75, 3.05) is 11.9 Å². The first-order valence-electron chi connectivity index (χ1n) is 7.74. The summed E-state index contributed by atoms with van der Waals surface area (Å²) in [7, 11) is 0. The number of ether oxygens (including phenoxy) is 1. The number of benzene rings is 1. The van der Waals surface area contributed by atoms with Crippen LogP contribution in [0.4, 0.5) is 10.5 Å². The molecule has 1 fully saturated rings. The molecule has 0 aliphatic carbocycles. The van der Waals surface area contributed by atoms with E-state index in [-0.39, 0.29) is 5.91 Å². The highest BCUT2D eigenvalue weighted by atomic mass is 127. The van der Waals surface area contributed by atoms with Crippen LogP contribution in [0.15, 0.2) is 18.2 Å². The standard InChI is InChI=1S/C17H23IN2O3/c1-11-10-12(18)7-8-13(11)19-15(21)14-6-5-9-20(14)16(22)23-17(2,3)4/h7-8,10,14H,5-6,9H2,1-4H3,(H,19,21)/t14-/m1/s1. The van der Waals surface area contributed by atoms with Crippen molar-refractivity contribution >= 4 is 40.3 Å². The average molecular weight is 430 g/mol. The Morgan fingerprint density at radius 3 is 2.65 bits per heavy atom. The number of nitrogens with one attached hydrogen (secondary N) is 1. The lowest BCUT2D eigenvalue weighted by molar-refractivity contribution is -0.120. The van der Waals surface area contributed by atoms with E-state index in [0.717, 1.165) is 21.2 Å².